The van der Waals surface area contributed by atoms with Crippen molar-refractivity contribution in [2.24, 2.45) is 5.92 Å². The first-order chi connectivity index (χ1) is 7.65. The van der Waals surface area contributed by atoms with Crippen LogP contribution in [0, 0.1) is 9.49 Å². The van der Waals surface area contributed by atoms with Gasteiger partial charge in [0.05, 0.1) is 12.7 Å². The number of hydrogen-bond acceptors (Lipinski definition) is 2. The average Bonchev–Trinajstić information content (AvgIpc) is 2.68. The minimum absolute atomic E-state index is 0.106. The van der Waals surface area contributed by atoms with Gasteiger partial charge in [-0.1, -0.05) is 12.1 Å². The second-order valence-corrected chi connectivity index (χ2v) is 5.59. The van der Waals surface area contributed by atoms with Crippen LogP contribution in [0.2, 0.25) is 0 Å². The number of ether oxygens (including phenoxy) is 1. The van der Waals surface area contributed by atoms with Gasteiger partial charge in [-0.05, 0) is 53.6 Å². The van der Waals surface area contributed by atoms with E-state index < -0.39 is 0 Å². The molecular formula is C13H15IO2. The van der Waals surface area contributed by atoms with E-state index in [9.17, 15) is 4.79 Å². The van der Waals surface area contributed by atoms with E-state index in [1.807, 2.05) is 31.2 Å². The lowest BCUT2D eigenvalue weighted by Gasteiger charge is -2.06. The monoisotopic (exact) mass is 330 g/mol. The molecule has 0 aromatic heterocycles. The van der Waals surface area contributed by atoms with Gasteiger partial charge in [0.25, 0.3) is 0 Å². The molecule has 0 saturated carbocycles. The summed E-state index contributed by atoms with van der Waals surface area (Å²) in [6.07, 6.45) is 1.66. The van der Waals surface area contributed by atoms with E-state index in [4.69, 9.17) is 4.74 Å². The molecule has 1 saturated heterocycles. The largest absolute Gasteiger partial charge is 0.378 e. The molecule has 0 radical (unpaired) electrons. The van der Waals surface area contributed by atoms with Crippen LogP contribution < -0.4 is 0 Å². The van der Waals surface area contributed by atoms with E-state index in [1.165, 1.54) is 3.57 Å². The topological polar surface area (TPSA) is 26.3 Å². The Hall–Kier alpha value is -0.420. The first kappa shape index (κ1) is 12.0. The van der Waals surface area contributed by atoms with Crippen LogP contribution in [0.4, 0.5) is 0 Å². The molecule has 0 spiro atoms. The third-order valence-corrected chi connectivity index (χ3v) is 3.66. The normalized spacial score (nSPS) is 24.6. The number of carbonyl (C=O) groups is 1. The standard InChI is InChI=1S/C13H15IO2/c1-9-6-11(8-16-9)13(15)7-10-2-4-12(14)5-3-10/h2-5,9,11H,6-8H2,1H3. The summed E-state index contributed by atoms with van der Waals surface area (Å²) in [4.78, 5) is 12.0. The molecule has 2 rings (SSSR count). The summed E-state index contributed by atoms with van der Waals surface area (Å²) in [5.41, 5.74) is 1.10. The van der Waals surface area contributed by atoms with Crippen LogP contribution in [0.15, 0.2) is 24.3 Å². The zero-order valence-electron chi connectivity index (χ0n) is 9.28. The highest BCUT2D eigenvalue weighted by Crippen LogP contribution is 2.21. The number of halogens is 1. The highest BCUT2D eigenvalue weighted by molar-refractivity contribution is 14.1. The molecule has 86 valence electrons. The van der Waals surface area contributed by atoms with Crippen LogP contribution >= 0.6 is 22.6 Å². The maximum Gasteiger partial charge on any atom is 0.142 e. The van der Waals surface area contributed by atoms with E-state index in [1.54, 1.807) is 0 Å². The van der Waals surface area contributed by atoms with Gasteiger partial charge < -0.3 is 4.74 Å². The van der Waals surface area contributed by atoms with Gasteiger partial charge in [-0.15, -0.1) is 0 Å². The maximum atomic E-state index is 12.0. The molecule has 1 fully saturated rings. The molecule has 2 nitrogen and oxygen atoms in total. The van der Waals surface area contributed by atoms with E-state index in [-0.39, 0.29) is 12.0 Å². The molecular weight excluding hydrogens is 315 g/mol. The first-order valence-electron chi connectivity index (χ1n) is 5.54. The second-order valence-electron chi connectivity index (χ2n) is 4.35. The van der Waals surface area contributed by atoms with E-state index >= 15 is 0 Å². The van der Waals surface area contributed by atoms with Crippen molar-refractivity contribution < 1.29 is 9.53 Å². The van der Waals surface area contributed by atoms with Crippen molar-refractivity contribution in [3.63, 3.8) is 0 Å². The van der Waals surface area contributed by atoms with Gasteiger partial charge >= 0.3 is 0 Å². The van der Waals surface area contributed by atoms with Gasteiger partial charge in [-0.2, -0.15) is 0 Å². The van der Waals surface area contributed by atoms with E-state index in [0.717, 1.165) is 12.0 Å². The van der Waals surface area contributed by atoms with Gasteiger partial charge in [-0.25, -0.2) is 0 Å². The quantitative estimate of drug-likeness (QED) is 0.797. The van der Waals surface area contributed by atoms with Crippen LogP contribution in [0.1, 0.15) is 18.9 Å². The number of benzene rings is 1. The SMILES string of the molecule is CC1CC(C(=O)Cc2ccc(I)cc2)CO1. The molecule has 1 aromatic rings. The van der Waals surface area contributed by atoms with Crippen molar-refractivity contribution in [1.82, 2.24) is 0 Å². The molecule has 0 N–H and O–H groups in total. The molecule has 1 aliphatic heterocycles. The molecule has 3 heteroatoms. The molecule has 16 heavy (non-hydrogen) atoms. The zero-order chi connectivity index (χ0) is 11.5. The summed E-state index contributed by atoms with van der Waals surface area (Å²) in [6, 6.07) is 8.13. The van der Waals surface area contributed by atoms with Crippen molar-refractivity contribution in [1.29, 1.82) is 0 Å². The predicted octanol–water partition coefficient (Wildman–Crippen LogP) is 2.83. The molecule has 1 aliphatic rings. The summed E-state index contributed by atoms with van der Waals surface area (Å²) < 4.78 is 6.62. The van der Waals surface area contributed by atoms with Crippen LogP contribution in [0.25, 0.3) is 0 Å². The van der Waals surface area contributed by atoms with Crippen LogP contribution in [-0.2, 0) is 16.0 Å². The van der Waals surface area contributed by atoms with Crippen LogP contribution in [0.5, 0.6) is 0 Å². The van der Waals surface area contributed by atoms with Crippen LogP contribution in [0.3, 0.4) is 0 Å². The predicted molar refractivity (Wildman–Crippen MR) is 71.4 cm³/mol. The average molecular weight is 330 g/mol. The second kappa shape index (κ2) is 5.27. The third kappa shape index (κ3) is 3.04. The Labute approximate surface area is 110 Å². The van der Waals surface area contributed by atoms with Crippen LogP contribution in [-0.4, -0.2) is 18.5 Å². The van der Waals surface area contributed by atoms with Gasteiger partial charge in [0, 0.05) is 15.9 Å². The molecule has 2 atom stereocenters. The number of ketones is 1. The van der Waals surface area contributed by atoms with E-state index in [0.29, 0.717) is 18.8 Å². The molecule has 0 aliphatic carbocycles. The first-order valence-corrected chi connectivity index (χ1v) is 6.62. The maximum absolute atomic E-state index is 12.0. The molecule has 2 unspecified atom stereocenters. The Kier molecular flexibility index (Phi) is 3.97. The Balaban J connectivity index is 1.94. The number of rotatable bonds is 3. The Morgan fingerprint density at radius 3 is 2.69 bits per heavy atom. The summed E-state index contributed by atoms with van der Waals surface area (Å²) in [7, 11) is 0. The van der Waals surface area contributed by atoms with Crippen molar-refractivity contribution in [2.75, 3.05) is 6.61 Å². The summed E-state index contributed by atoms with van der Waals surface area (Å²) in [5.74, 6) is 0.417. The smallest absolute Gasteiger partial charge is 0.142 e. The van der Waals surface area contributed by atoms with Gasteiger partial charge in [0.2, 0.25) is 0 Å². The fourth-order valence-electron chi connectivity index (χ4n) is 1.99. The number of Topliss-reactive ketones (excluding diaryl/α,β-unsaturated/α-hetero) is 1. The van der Waals surface area contributed by atoms with Crippen molar-refractivity contribution in [3.05, 3.63) is 33.4 Å². The lowest BCUT2D eigenvalue weighted by Crippen LogP contribution is -2.16. The molecule has 1 heterocycles. The van der Waals surface area contributed by atoms with Gasteiger partial charge in [0.1, 0.15) is 5.78 Å². The van der Waals surface area contributed by atoms with Crippen molar-refractivity contribution in [2.45, 2.75) is 25.9 Å². The molecule has 0 amide bonds. The third-order valence-electron chi connectivity index (χ3n) is 2.95. The molecule has 1 aromatic carbocycles. The number of carbonyl (C=O) groups excluding carboxylic acids is 1. The lowest BCUT2D eigenvalue weighted by molar-refractivity contribution is -0.122. The van der Waals surface area contributed by atoms with E-state index in [2.05, 4.69) is 22.6 Å². The van der Waals surface area contributed by atoms with Crippen molar-refractivity contribution >= 4 is 28.4 Å². The number of hydrogen-bond donors (Lipinski definition) is 0. The van der Waals surface area contributed by atoms with Crippen molar-refractivity contribution in [3.8, 4) is 0 Å². The minimum atomic E-state index is 0.106. The van der Waals surface area contributed by atoms with Gasteiger partial charge in [0.15, 0.2) is 0 Å². The zero-order valence-corrected chi connectivity index (χ0v) is 11.4. The highest BCUT2D eigenvalue weighted by atomic mass is 127. The fraction of sp³-hybridized carbons (Fsp3) is 0.462. The summed E-state index contributed by atoms with van der Waals surface area (Å²) in [6.45, 7) is 2.63. The lowest BCUT2D eigenvalue weighted by atomic mass is 9.96. The summed E-state index contributed by atoms with van der Waals surface area (Å²) >= 11 is 2.27. The molecule has 0 bridgehead atoms. The minimum Gasteiger partial charge on any atom is -0.378 e. The highest BCUT2D eigenvalue weighted by Gasteiger charge is 2.27. The Morgan fingerprint density at radius 1 is 1.44 bits per heavy atom. The van der Waals surface area contributed by atoms with Gasteiger partial charge in [-0.3, -0.25) is 4.79 Å². The Morgan fingerprint density at radius 2 is 2.12 bits per heavy atom. The fourth-order valence-corrected chi connectivity index (χ4v) is 2.35. The summed E-state index contributed by atoms with van der Waals surface area (Å²) in [5, 5.41) is 0. The Bertz CT molecular complexity index is 372.